The SMILES string of the molecule is COc1ccc2c(CC(=O)OCc3ccccc3)c(C)n(C(=O)c3ccc(Cl)cc3)c2c1. The molecule has 5 nitrogen and oxygen atoms in total. The molecule has 3 aromatic carbocycles. The lowest BCUT2D eigenvalue weighted by Gasteiger charge is -2.09. The van der Waals surface area contributed by atoms with Crippen LogP contribution >= 0.6 is 11.6 Å². The van der Waals surface area contributed by atoms with Gasteiger partial charge in [-0.15, -0.1) is 0 Å². The zero-order valence-electron chi connectivity index (χ0n) is 17.8. The lowest BCUT2D eigenvalue weighted by Crippen LogP contribution is -2.14. The Morgan fingerprint density at radius 2 is 1.69 bits per heavy atom. The van der Waals surface area contributed by atoms with Crippen LogP contribution in [-0.2, 0) is 22.6 Å². The van der Waals surface area contributed by atoms with Crippen LogP contribution in [0.4, 0.5) is 0 Å². The van der Waals surface area contributed by atoms with Gasteiger partial charge in [-0.25, -0.2) is 0 Å². The molecule has 0 amide bonds. The Balaban J connectivity index is 1.69. The van der Waals surface area contributed by atoms with Gasteiger partial charge in [0.25, 0.3) is 5.91 Å². The second kappa shape index (κ2) is 9.28. The maximum atomic E-state index is 13.4. The van der Waals surface area contributed by atoms with E-state index in [4.69, 9.17) is 21.1 Å². The molecule has 32 heavy (non-hydrogen) atoms. The Kier molecular flexibility index (Phi) is 6.28. The molecule has 1 aromatic heterocycles. The third kappa shape index (κ3) is 4.39. The quantitative estimate of drug-likeness (QED) is 0.362. The van der Waals surface area contributed by atoms with Crippen LogP contribution < -0.4 is 4.74 Å². The molecule has 0 radical (unpaired) electrons. The Bertz CT molecular complexity index is 1280. The summed E-state index contributed by atoms with van der Waals surface area (Å²) in [6.45, 7) is 2.04. The van der Waals surface area contributed by atoms with Gasteiger partial charge in [0.1, 0.15) is 12.4 Å². The predicted molar refractivity (Wildman–Crippen MR) is 124 cm³/mol. The number of halogens is 1. The van der Waals surface area contributed by atoms with Crippen molar-refractivity contribution in [3.63, 3.8) is 0 Å². The molecule has 0 fully saturated rings. The number of fused-ring (bicyclic) bond motifs is 1. The number of carbonyl (C=O) groups is 2. The van der Waals surface area contributed by atoms with Crippen LogP contribution in [0.3, 0.4) is 0 Å². The smallest absolute Gasteiger partial charge is 0.310 e. The first-order valence-corrected chi connectivity index (χ1v) is 10.5. The van der Waals surface area contributed by atoms with E-state index in [1.807, 2.05) is 49.4 Å². The third-order valence-corrected chi connectivity index (χ3v) is 5.65. The van der Waals surface area contributed by atoms with Gasteiger partial charge in [-0.2, -0.15) is 0 Å². The minimum atomic E-state index is -0.356. The number of methoxy groups -OCH3 is 1. The van der Waals surface area contributed by atoms with Gasteiger partial charge < -0.3 is 9.47 Å². The second-order valence-corrected chi connectivity index (χ2v) is 7.85. The summed E-state index contributed by atoms with van der Waals surface area (Å²) < 4.78 is 12.5. The van der Waals surface area contributed by atoms with Crippen LogP contribution in [-0.4, -0.2) is 23.6 Å². The van der Waals surface area contributed by atoms with Gasteiger partial charge in [-0.3, -0.25) is 14.2 Å². The van der Waals surface area contributed by atoms with E-state index in [1.165, 1.54) is 0 Å². The van der Waals surface area contributed by atoms with E-state index in [0.29, 0.717) is 27.5 Å². The molecule has 0 spiro atoms. The highest BCUT2D eigenvalue weighted by Crippen LogP contribution is 2.31. The monoisotopic (exact) mass is 447 g/mol. The minimum absolute atomic E-state index is 0.0579. The number of ether oxygens (including phenoxy) is 2. The summed E-state index contributed by atoms with van der Waals surface area (Å²) in [4.78, 5) is 26.0. The summed E-state index contributed by atoms with van der Waals surface area (Å²) in [5, 5.41) is 1.36. The van der Waals surface area contributed by atoms with Crippen LogP contribution in [0.25, 0.3) is 10.9 Å². The standard InChI is InChI=1S/C26H22ClNO4/c1-17-23(15-25(29)32-16-18-6-4-3-5-7-18)22-13-12-21(31-2)14-24(22)28(17)26(30)19-8-10-20(27)11-9-19/h3-14H,15-16H2,1-2H3. The van der Waals surface area contributed by atoms with E-state index in [-0.39, 0.29) is 24.9 Å². The van der Waals surface area contributed by atoms with Crippen molar-refractivity contribution in [1.29, 1.82) is 0 Å². The van der Waals surface area contributed by atoms with E-state index in [9.17, 15) is 9.59 Å². The molecule has 162 valence electrons. The van der Waals surface area contributed by atoms with E-state index < -0.39 is 0 Å². The molecular weight excluding hydrogens is 426 g/mol. The first kappa shape index (κ1) is 21.7. The molecule has 0 atom stereocenters. The maximum Gasteiger partial charge on any atom is 0.310 e. The molecule has 0 unspecified atom stereocenters. The number of benzene rings is 3. The molecule has 0 aliphatic heterocycles. The van der Waals surface area contributed by atoms with E-state index in [2.05, 4.69) is 0 Å². The van der Waals surface area contributed by atoms with Crippen LogP contribution in [0.1, 0.15) is 27.2 Å². The molecule has 6 heteroatoms. The van der Waals surface area contributed by atoms with Crippen molar-refractivity contribution >= 4 is 34.4 Å². The van der Waals surface area contributed by atoms with E-state index in [0.717, 1.165) is 16.5 Å². The van der Waals surface area contributed by atoms with Crippen LogP contribution in [0.5, 0.6) is 5.75 Å². The second-order valence-electron chi connectivity index (χ2n) is 7.42. The summed E-state index contributed by atoms with van der Waals surface area (Å²) in [6.07, 6.45) is 0.0579. The number of carbonyl (C=O) groups excluding carboxylic acids is 2. The average Bonchev–Trinajstić information content (AvgIpc) is 3.08. The fourth-order valence-corrected chi connectivity index (χ4v) is 3.85. The lowest BCUT2D eigenvalue weighted by atomic mass is 10.1. The number of hydrogen-bond acceptors (Lipinski definition) is 4. The molecule has 4 aromatic rings. The normalized spacial score (nSPS) is 10.8. The molecule has 0 aliphatic rings. The average molecular weight is 448 g/mol. The summed E-state index contributed by atoms with van der Waals surface area (Å²) in [6, 6.07) is 21.7. The Hall–Kier alpha value is -3.57. The van der Waals surface area contributed by atoms with Crippen LogP contribution in [0.2, 0.25) is 5.02 Å². The van der Waals surface area contributed by atoms with Crippen molar-refractivity contribution in [2.24, 2.45) is 0 Å². The highest BCUT2D eigenvalue weighted by Gasteiger charge is 2.22. The highest BCUT2D eigenvalue weighted by molar-refractivity contribution is 6.30. The van der Waals surface area contributed by atoms with Crippen molar-refractivity contribution in [2.75, 3.05) is 7.11 Å². The summed E-state index contributed by atoms with van der Waals surface area (Å²) >= 11 is 5.98. The van der Waals surface area contributed by atoms with Crippen molar-refractivity contribution in [2.45, 2.75) is 20.0 Å². The minimum Gasteiger partial charge on any atom is -0.497 e. The number of hydrogen-bond donors (Lipinski definition) is 0. The van der Waals surface area contributed by atoms with E-state index in [1.54, 1.807) is 42.0 Å². The molecule has 0 saturated carbocycles. The van der Waals surface area contributed by atoms with Gasteiger partial charge >= 0.3 is 5.97 Å². The van der Waals surface area contributed by atoms with Crippen molar-refractivity contribution in [1.82, 2.24) is 4.57 Å². The van der Waals surface area contributed by atoms with Gasteiger partial charge in [0.05, 0.1) is 19.0 Å². The van der Waals surface area contributed by atoms with Gasteiger partial charge in [-0.1, -0.05) is 41.9 Å². The lowest BCUT2D eigenvalue weighted by molar-refractivity contribution is -0.144. The van der Waals surface area contributed by atoms with Crippen LogP contribution in [0.15, 0.2) is 72.8 Å². The Morgan fingerprint density at radius 1 is 0.969 bits per heavy atom. The molecule has 0 bridgehead atoms. The summed E-state index contributed by atoms with van der Waals surface area (Å²) in [5.41, 5.74) is 3.53. The van der Waals surface area contributed by atoms with Crippen LogP contribution in [0, 0.1) is 6.92 Å². The number of esters is 1. The fourth-order valence-electron chi connectivity index (χ4n) is 3.73. The van der Waals surface area contributed by atoms with Gasteiger partial charge in [0.2, 0.25) is 0 Å². The van der Waals surface area contributed by atoms with Crippen molar-refractivity contribution in [3.05, 3.63) is 100 Å². The topological polar surface area (TPSA) is 57.5 Å². The van der Waals surface area contributed by atoms with Crippen molar-refractivity contribution < 1.29 is 19.1 Å². The molecule has 0 saturated heterocycles. The summed E-state index contributed by atoms with van der Waals surface area (Å²) in [5.74, 6) is 0.0606. The fraction of sp³-hybridized carbons (Fsp3) is 0.154. The number of nitrogens with zero attached hydrogens (tertiary/aromatic N) is 1. The zero-order valence-corrected chi connectivity index (χ0v) is 18.6. The third-order valence-electron chi connectivity index (χ3n) is 5.40. The molecule has 0 N–H and O–H groups in total. The zero-order chi connectivity index (χ0) is 22.7. The molecule has 4 rings (SSSR count). The molecule has 1 heterocycles. The number of rotatable bonds is 6. The van der Waals surface area contributed by atoms with E-state index >= 15 is 0 Å². The largest absolute Gasteiger partial charge is 0.497 e. The first-order valence-electron chi connectivity index (χ1n) is 10.2. The number of aromatic nitrogens is 1. The molecule has 0 aliphatic carbocycles. The van der Waals surface area contributed by atoms with Gasteiger partial charge in [0.15, 0.2) is 0 Å². The summed E-state index contributed by atoms with van der Waals surface area (Å²) in [7, 11) is 1.57. The first-order chi connectivity index (χ1) is 15.5. The molecular formula is C26H22ClNO4. The highest BCUT2D eigenvalue weighted by atomic mass is 35.5. The Morgan fingerprint density at radius 3 is 2.38 bits per heavy atom. The predicted octanol–water partition coefficient (Wildman–Crippen LogP) is 5.59. The van der Waals surface area contributed by atoms with Gasteiger partial charge in [0, 0.05) is 27.7 Å². The van der Waals surface area contributed by atoms with Gasteiger partial charge in [-0.05, 0) is 54.4 Å². The maximum absolute atomic E-state index is 13.4. The Labute approximate surface area is 191 Å². The van der Waals surface area contributed by atoms with Crippen molar-refractivity contribution in [3.8, 4) is 5.75 Å².